The second-order valence-electron chi connectivity index (χ2n) is 3.62. The molecule has 1 fully saturated rings. The molecule has 14 heavy (non-hydrogen) atoms. The number of aromatic nitrogens is 2. The minimum Gasteiger partial charge on any atom is -0.392 e. The van der Waals surface area contributed by atoms with E-state index in [0.717, 1.165) is 29.4 Å². The molecule has 0 bridgehead atoms. The number of rotatable bonds is 2. The molecule has 1 aromatic rings. The van der Waals surface area contributed by atoms with Gasteiger partial charge < -0.3 is 5.11 Å². The molecule has 0 radical (unpaired) electrons. The van der Waals surface area contributed by atoms with Gasteiger partial charge in [0.05, 0.1) is 6.10 Å². The number of aliphatic hydroxyl groups is 1. The Kier molecular flexibility index (Phi) is 3.41. The van der Waals surface area contributed by atoms with Gasteiger partial charge in [-0.15, -0.1) is 0 Å². The number of aliphatic hydroxyl groups excluding tert-OH is 1. The Bertz CT molecular complexity index is 303. The predicted octanol–water partition coefficient (Wildman–Crippen LogP) is 2.24. The van der Waals surface area contributed by atoms with Crippen molar-refractivity contribution in [2.24, 2.45) is 0 Å². The van der Waals surface area contributed by atoms with Gasteiger partial charge in [0.25, 0.3) is 0 Å². The van der Waals surface area contributed by atoms with Crippen LogP contribution in [0.2, 0.25) is 0 Å². The van der Waals surface area contributed by atoms with Crippen LogP contribution in [0.1, 0.15) is 31.5 Å². The van der Waals surface area contributed by atoms with Crippen molar-refractivity contribution in [2.45, 2.75) is 48.3 Å². The molecule has 0 aliphatic heterocycles. The van der Waals surface area contributed by atoms with E-state index in [9.17, 15) is 5.11 Å². The van der Waals surface area contributed by atoms with Crippen LogP contribution in [0.4, 0.5) is 0 Å². The monoisotopic (exact) mass is 230 g/mol. The average Bonchev–Trinajstić information content (AvgIpc) is 2.56. The summed E-state index contributed by atoms with van der Waals surface area (Å²) < 4.78 is 5.13. The highest BCUT2D eigenvalue weighted by Crippen LogP contribution is 2.34. The fraction of sp³-hybridized carbons (Fsp3) is 0.778. The highest BCUT2D eigenvalue weighted by Gasteiger charge is 2.24. The molecular formula is C9H14N2OS2. The molecule has 0 unspecified atom stereocenters. The number of aryl methyl sites for hydroxylation is 1. The summed E-state index contributed by atoms with van der Waals surface area (Å²) in [7, 11) is 0. The van der Waals surface area contributed by atoms with Crippen LogP contribution in [0.25, 0.3) is 0 Å². The second-order valence-corrected chi connectivity index (χ2v) is 5.85. The first-order chi connectivity index (χ1) is 6.75. The molecule has 0 spiro atoms. The van der Waals surface area contributed by atoms with Crippen LogP contribution in [-0.4, -0.2) is 25.8 Å². The van der Waals surface area contributed by atoms with E-state index in [1.807, 2.05) is 6.92 Å². The summed E-state index contributed by atoms with van der Waals surface area (Å²) in [6.45, 7) is 1.90. The summed E-state index contributed by atoms with van der Waals surface area (Å²) in [6.07, 6.45) is 4.28. The summed E-state index contributed by atoms with van der Waals surface area (Å²) in [4.78, 5) is 4.30. The lowest BCUT2D eigenvalue weighted by Crippen LogP contribution is -2.26. The van der Waals surface area contributed by atoms with Gasteiger partial charge in [-0.25, -0.2) is 4.98 Å². The molecule has 1 aromatic heterocycles. The van der Waals surface area contributed by atoms with Crippen molar-refractivity contribution < 1.29 is 5.11 Å². The smallest absolute Gasteiger partial charge is 0.170 e. The van der Waals surface area contributed by atoms with Crippen LogP contribution in [0, 0.1) is 6.92 Å². The Hall–Kier alpha value is -0.130. The van der Waals surface area contributed by atoms with Gasteiger partial charge in [0, 0.05) is 5.25 Å². The molecule has 1 heterocycles. The Morgan fingerprint density at radius 3 is 2.86 bits per heavy atom. The molecule has 2 atom stereocenters. The van der Waals surface area contributed by atoms with E-state index in [0.29, 0.717) is 5.25 Å². The quantitative estimate of drug-likeness (QED) is 0.846. The maximum absolute atomic E-state index is 9.77. The van der Waals surface area contributed by atoms with Gasteiger partial charge >= 0.3 is 0 Å². The lowest BCUT2D eigenvalue weighted by Gasteiger charge is -2.25. The summed E-state index contributed by atoms with van der Waals surface area (Å²) >= 11 is 3.12. The molecule has 3 nitrogen and oxygen atoms in total. The molecule has 5 heteroatoms. The van der Waals surface area contributed by atoms with Gasteiger partial charge in [-0.1, -0.05) is 24.6 Å². The van der Waals surface area contributed by atoms with Crippen LogP contribution in [0.15, 0.2) is 4.34 Å². The number of thioether (sulfide) groups is 1. The predicted molar refractivity (Wildman–Crippen MR) is 58.8 cm³/mol. The van der Waals surface area contributed by atoms with Crippen molar-refractivity contribution in [1.29, 1.82) is 0 Å². The van der Waals surface area contributed by atoms with Crippen molar-refractivity contribution >= 4 is 23.3 Å². The van der Waals surface area contributed by atoms with E-state index in [-0.39, 0.29) is 6.10 Å². The molecule has 1 saturated carbocycles. The van der Waals surface area contributed by atoms with E-state index >= 15 is 0 Å². The van der Waals surface area contributed by atoms with Crippen molar-refractivity contribution in [3.63, 3.8) is 0 Å². The zero-order chi connectivity index (χ0) is 9.97. The van der Waals surface area contributed by atoms with Gasteiger partial charge in [0.1, 0.15) is 5.82 Å². The number of nitrogens with zero attached hydrogens (tertiary/aromatic N) is 2. The highest BCUT2D eigenvalue weighted by molar-refractivity contribution is 8.01. The largest absolute Gasteiger partial charge is 0.392 e. The van der Waals surface area contributed by atoms with Crippen LogP contribution in [0.5, 0.6) is 0 Å². The second kappa shape index (κ2) is 4.59. The third-order valence-electron chi connectivity index (χ3n) is 2.43. The summed E-state index contributed by atoms with van der Waals surface area (Å²) in [5, 5.41) is 10.1. The normalized spacial score (nSPS) is 27.9. The van der Waals surface area contributed by atoms with Gasteiger partial charge in [-0.2, -0.15) is 4.37 Å². The third kappa shape index (κ3) is 2.46. The maximum Gasteiger partial charge on any atom is 0.170 e. The van der Waals surface area contributed by atoms with Crippen molar-refractivity contribution in [1.82, 2.24) is 9.36 Å². The summed E-state index contributed by atoms with van der Waals surface area (Å²) in [5.41, 5.74) is 0. The first-order valence-corrected chi connectivity index (χ1v) is 6.56. The van der Waals surface area contributed by atoms with E-state index in [4.69, 9.17) is 0 Å². The summed E-state index contributed by atoms with van der Waals surface area (Å²) in [6, 6.07) is 0. The molecular weight excluding hydrogens is 216 g/mol. The van der Waals surface area contributed by atoms with Gasteiger partial charge in [-0.05, 0) is 31.3 Å². The Balaban J connectivity index is 1.95. The van der Waals surface area contributed by atoms with Crippen molar-refractivity contribution in [3.8, 4) is 0 Å². The Labute approximate surface area is 92.1 Å². The van der Waals surface area contributed by atoms with Crippen molar-refractivity contribution in [2.75, 3.05) is 0 Å². The zero-order valence-electron chi connectivity index (χ0n) is 8.14. The molecule has 2 rings (SSSR count). The fourth-order valence-electron chi connectivity index (χ4n) is 1.67. The lowest BCUT2D eigenvalue weighted by atomic mass is 9.97. The van der Waals surface area contributed by atoms with Crippen LogP contribution < -0.4 is 0 Å². The van der Waals surface area contributed by atoms with Crippen molar-refractivity contribution in [3.05, 3.63) is 5.82 Å². The number of hydrogen-bond acceptors (Lipinski definition) is 5. The van der Waals surface area contributed by atoms with Gasteiger partial charge in [0.15, 0.2) is 4.34 Å². The first kappa shape index (κ1) is 10.4. The van der Waals surface area contributed by atoms with E-state index in [1.165, 1.54) is 18.0 Å². The SMILES string of the molecule is Cc1nsc(S[C@H]2CCCC[C@@H]2O)n1. The molecule has 0 aromatic carbocycles. The maximum atomic E-state index is 9.77. The molecule has 1 aliphatic carbocycles. The minimum absolute atomic E-state index is 0.155. The van der Waals surface area contributed by atoms with Crippen LogP contribution in [0.3, 0.4) is 0 Å². The van der Waals surface area contributed by atoms with E-state index in [2.05, 4.69) is 9.36 Å². The zero-order valence-corrected chi connectivity index (χ0v) is 9.77. The van der Waals surface area contributed by atoms with E-state index in [1.54, 1.807) is 11.8 Å². The fourth-order valence-corrected chi connectivity index (χ4v) is 3.77. The highest BCUT2D eigenvalue weighted by atomic mass is 32.2. The molecule has 0 saturated heterocycles. The Morgan fingerprint density at radius 1 is 1.43 bits per heavy atom. The Morgan fingerprint density at radius 2 is 2.21 bits per heavy atom. The molecule has 0 amide bonds. The standard InChI is InChI=1S/C9H14N2OS2/c1-6-10-9(14-11-6)13-8-5-3-2-4-7(8)12/h7-8,12H,2-5H2,1H3/t7-,8-/m0/s1. The minimum atomic E-state index is -0.155. The van der Waals surface area contributed by atoms with Gasteiger partial charge in [-0.3, -0.25) is 0 Å². The number of hydrogen-bond donors (Lipinski definition) is 1. The third-order valence-corrected chi connectivity index (χ3v) is 4.69. The molecule has 1 aliphatic rings. The topological polar surface area (TPSA) is 46.0 Å². The van der Waals surface area contributed by atoms with Crippen LogP contribution >= 0.6 is 23.3 Å². The lowest BCUT2D eigenvalue weighted by molar-refractivity contribution is 0.137. The molecule has 1 N–H and O–H groups in total. The van der Waals surface area contributed by atoms with Crippen LogP contribution in [-0.2, 0) is 0 Å². The molecule has 78 valence electrons. The van der Waals surface area contributed by atoms with Gasteiger partial charge in [0.2, 0.25) is 0 Å². The first-order valence-electron chi connectivity index (χ1n) is 4.91. The summed E-state index contributed by atoms with van der Waals surface area (Å²) in [5.74, 6) is 0.836. The average molecular weight is 230 g/mol. The van der Waals surface area contributed by atoms with E-state index < -0.39 is 0 Å².